The van der Waals surface area contributed by atoms with Gasteiger partial charge in [0.05, 0.1) is 44.5 Å². The molecule has 3 rings (SSSR count). The number of furan rings is 2. The fourth-order valence-electron chi connectivity index (χ4n) is 2.74. The highest BCUT2D eigenvalue weighted by Crippen LogP contribution is 2.34. The van der Waals surface area contributed by atoms with Crippen molar-refractivity contribution in [2.24, 2.45) is 0 Å². The van der Waals surface area contributed by atoms with E-state index < -0.39 is 30.4 Å². The van der Waals surface area contributed by atoms with E-state index in [2.05, 4.69) is 10.6 Å². The molecular formula is C22H21N3O9. The molecule has 0 unspecified atom stereocenters. The number of carbonyl (C=O) groups is 4. The molecule has 2 aromatic heterocycles. The van der Waals surface area contributed by atoms with Crippen LogP contribution in [0.25, 0.3) is 0 Å². The number of imide groups is 1. The standard InChI is InChI=1S/C22H21N3O9/c1-30-17-9-14(15(10-18(17)31-2)24-20(27)16-6-4-8-33-16)21(28)34-12-19(26)25-22(29)23-11-13-5-3-7-32-13/h3-10H,11-12H2,1-2H3,(H,24,27)(H2,23,25,26,29). The number of hydrogen-bond donors (Lipinski definition) is 3. The Morgan fingerprint density at radius 3 is 2.29 bits per heavy atom. The van der Waals surface area contributed by atoms with E-state index in [9.17, 15) is 19.2 Å². The minimum atomic E-state index is -0.957. The van der Waals surface area contributed by atoms with Crippen LogP contribution < -0.4 is 25.4 Å². The van der Waals surface area contributed by atoms with Gasteiger partial charge in [0.25, 0.3) is 11.8 Å². The van der Waals surface area contributed by atoms with E-state index in [4.69, 9.17) is 23.0 Å². The maximum atomic E-state index is 12.7. The third-order valence-corrected chi connectivity index (χ3v) is 4.33. The van der Waals surface area contributed by atoms with Crippen molar-refractivity contribution in [3.63, 3.8) is 0 Å². The Kier molecular flexibility index (Phi) is 7.89. The molecule has 1 aromatic carbocycles. The van der Waals surface area contributed by atoms with Gasteiger partial charge in [0, 0.05) is 12.1 Å². The molecule has 0 fully saturated rings. The number of urea groups is 1. The van der Waals surface area contributed by atoms with Crippen LogP contribution in [-0.4, -0.2) is 44.6 Å². The minimum absolute atomic E-state index is 0.00837. The molecule has 34 heavy (non-hydrogen) atoms. The lowest BCUT2D eigenvalue weighted by Gasteiger charge is -2.15. The fourth-order valence-corrected chi connectivity index (χ4v) is 2.74. The van der Waals surface area contributed by atoms with Gasteiger partial charge in [0.2, 0.25) is 0 Å². The molecule has 0 spiro atoms. The molecule has 0 saturated heterocycles. The molecule has 0 saturated carbocycles. The van der Waals surface area contributed by atoms with Crippen molar-refractivity contribution in [3.8, 4) is 11.5 Å². The van der Waals surface area contributed by atoms with Gasteiger partial charge in [-0.3, -0.25) is 14.9 Å². The Morgan fingerprint density at radius 1 is 0.941 bits per heavy atom. The van der Waals surface area contributed by atoms with Crippen molar-refractivity contribution in [1.82, 2.24) is 10.6 Å². The summed E-state index contributed by atoms with van der Waals surface area (Å²) in [4.78, 5) is 48.9. The van der Waals surface area contributed by atoms with E-state index in [-0.39, 0.29) is 35.1 Å². The van der Waals surface area contributed by atoms with Crippen LogP contribution in [0.2, 0.25) is 0 Å². The summed E-state index contributed by atoms with van der Waals surface area (Å²) in [6.07, 6.45) is 2.76. The number of amides is 4. The lowest BCUT2D eigenvalue weighted by atomic mass is 10.1. The highest BCUT2D eigenvalue weighted by molar-refractivity contribution is 6.07. The number of methoxy groups -OCH3 is 2. The zero-order valence-corrected chi connectivity index (χ0v) is 18.2. The molecule has 12 nitrogen and oxygen atoms in total. The molecule has 178 valence electrons. The third-order valence-electron chi connectivity index (χ3n) is 4.33. The molecular weight excluding hydrogens is 450 g/mol. The Bertz CT molecular complexity index is 1150. The van der Waals surface area contributed by atoms with Gasteiger partial charge in [-0.1, -0.05) is 0 Å². The SMILES string of the molecule is COc1cc(NC(=O)c2ccco2)c(C(=O)OCC(=O)NC(=O)NCc2ccco2)cc1OC. The topological polar surface area (TPSA) is 158 Å². The van der Waals surface area contributed by atoms with Gasteiger partial charge in [-0.2, -0.15) is 0 Å². The smallest absolute Gasteiger partial charge is 0.340 e. The van der Waals surface area contributed by atoms with Crippen molar-refractivity contribution in [3.05, 3.63) is 66.0 Å². The van der Waals surface area contributed by atoms with Gasteiger partial charge in [-0.15, -0.1) is 0 Å². The second-order valence-electron chi connectivity index (χ2n) is 6.57. The number of ether oxygens (including phenoxy) is 3. The molecule has 0 radical (unpaired) electrons. The second-order valence-corrected chi connectivity index (χ2v) is 6.57. The number of esters is 1. The first-order valence-corrected chi connectivity index (χ1v) is 9.79. The molecule has 0 atom stereocenters. The van der Waals surface area contributed by atoms with Crippen LogP contribution in [-0.2, 0) is 16.1 Å². The van der Waals surface area contributed by atoms with Crippen molar-refractivity contribution in [2.45, 2.75) is 6.54 Å². The summed E-state index contributed by atoms with van der Waals surface area (Å²) in [5.74, 6) is -1.53. The highest BCUT2D eigenvalue weighted by Gasteiger charge is 2.22. The van der Waals surface area contributed by atoms with Gasteiger partial charge >= 0.3 is 12.0 Å². The Labute approximate surface area is 193 Å². The molecule has 4 amide bonds. The predicted octanol–water partition coefficient (Wildman–Crippen LogP) is 2.32. The molecule has 0 aliphatic heterocycles. The first-order chi connectivity index (χ1) is 16.4. The third kappa shape index (κ3) is 6.16. The highest BCUT2D eigenvalue weighted by atomic mass is 16.5. The average Bonchev–Trinajstić information content (AvgIpc) is 3.55. The van der Waals surface area contributed by atoms with E-state index in [0.29, 0.717) is 5.76 Å². The number of nitrogens with one attached hydrogen (secondary N) is 3. The van der Waals surface area contributed by atoms with Crippen LogP contribution >= 0.6 is 0 Å². The monoisotopic (exact) mass is 471 g/mol. The average molecular weight is 471 g/mol. The van der Waals surface area contributed by atoms with Crippen molar-refractivity contribution < 1.29 is 42.2 Å². The van der Waals surface area contributed by atoms with Crippen LogP contribution in [0.15, 0.2) is 57.8 Å². The van der Waals surface area contributed by atoms with Gasteiger partial charge in [-0.25, -0.2) is 9.59 Å². The Balaban J connectivity index is 1.65. The van der Waals surface area contributed by atoms with Gasteiger partial charge < -0.3 is 33.7 Å². The van der Waals surface area contributed by atoms with Crippen molar-refractivity contribution >= 4 is 29.5 Å². The first kappa shape index (κ1) is 23.9. The van der Waals surface area contributed by atoms with Crippen LogP contribution in [0.3, 0.4) is 0 Å². The van der Waals surface area contributed by atoms with Gasteiger partial charge in [-0.05, 0) is 24.3 Å². The summed E-state index contributed by atoms with van der Waals surface area (Å²) < 4.78 is 25.5. The van der Waals surface area contributed by atoms with Crippen molar-refractivity contribution in [1.29, 1.82) is 0 Å². The summed E-state index contributed by atoms with van der Waals surface area (Å²) in [5.41, 5.74) is -0.0896. The number of rotatable bonds is 9. The fraction of sp³-hybridized carbons (Fsp3) is 0.182. The number of hydrogen-bond acceptors (Lipinski definition) is 9. The maximum Gasteiger partial charge on any atom is 0.340 e. The lowest BCUT2D eigenvalue weighted by molar-refractivity contribution is -0.123. The molecule has 12 heteroatoms. The summed E-state index contributed by atoms with van der Waals surface area (Å²) >= 11 is 0. The molecule has 3 aromatic rings. The summed E-state index contributed by atoms with van der Waals surface area (Å²) in [5, 5.41) is 6.96. The van der Waals surface area contributed by atoms with Crippen LogP contribution in [0.5, 0.6) is 11.5 Å². The van der Waals surface area contributed by atoms with Gasteiger partial charge in [0.1, 0.15) is 5.76 Å². The number of benzene rings is 1. The quantitative estimate of drug-likeness (QED) is 0.398. The zero-order chi connectivity index (χ0) is 24.5. The molecule has 3 N–H and O–H groups in total. The van der Waals surface area contributed by atoms with Crippen LogP contribution in [0.4, 0.5) is 10.5 Å². The van der Waals surface area contributed by atoms with Crippen LogP contribution in [0, 0.1) is 0 Å². The zero-order valence-electron chi connectivity index (χ0n) is 18.2. The van der Waals surface area contributed by atoms with Crippen LogP contribution in [0.1, 0.15) is 26.7 Å². The summed E-state index contributed by atoms with van der Waals surface area (Å²) in [7, 11) is 2.75. The Morgan fingerprint density at radius 2 is 1.65 bits per heavy atom. The van der Waals surface area contributed by atoms with E-state index in [1.807, 2.05) is 5.32 Å². The van der Waals surface area contributed by atoms with E-state index in [1.54, 1.807) is 12.1 Å². The van der Waals surface area contributed by atoms with E-state index in [1.165, 1.54) is 51.0 Å². The van der Waals surface area contributed by atoms with E-state index in [0.717, 1.165) is 0 Å². The van der Waals surface area contributed by atoms with Crippen molar-refractivity contribution in [2.75, 3.05) is 26.1 Å². The summed E-state index contributed by atoms with van der Waals surface area (Å²) in [6.45, 7) is -0.691. The number of anilines is 1. The predicted molar refractivity (Wildman–Crippen MR) is 116 cm³/mol. The van der Waals surface area contributed by atoms with E-state index >= 15 is 0 Å². The maximum absolute atomic E-state index is 12.7. The molecule has 0 aliphatic carbocycles. The largest absolute Gasteiger partial charge is 0.493 e. The molecule has 0 aliphatic rings. The lowest BCUT2D eigenvalue weighted by Crippen LogP contribution is -2.41. The minimum Gasteiger partial charge on any atom is -0.493 e. The second kappa shape index (κ2) is 11.2. The normalized spacial score (nSPS) is 10.2. The molecule has 2 heterocycles. The first-order valence-electron chi connectivity index (χ1n) is 9.79. The molecule has 0 bridgehead atoms. The van der Waals surface area contributed by atoms with Gasteiger partial charge in [0.15, 0.2) is 23.9 Å². The Hall–Kier alpha value is -4.74. The number of carbonyl (C=O) groups excluding carboxylic acids is 4. The summed E-state index contributed by atoms with van der Waals surface area (Å²) in [6, 6.07) is 8.12.